The van der Waals surface area contributed by atoms with Crippen LogP contribution < -0.4 is 5.32 Å². The van der Waals surface area contributed by atoms with Gasteiger partial charge in [-0.1, -0.05) is 72.0 Å². The van der Waals surface area contributed by atoms with Gasteiger partial charge >= 0.3 is 5.97 Å². The number of aryl methyl sites for hydroxylation is 1. The summed E-state index contributed by atoms with van der Waals surface area (Å²) in [6.07, 6.45) is 2.61. The molecule has 0 saturated carbocycles. The minimum atomic E-state index is -0.570. The van der Waals surface area contributed by atoms with Crippen LogP contribution >= 0.6 is 35.3 Å². The van der Waals surface area contributed by atoms with Gasteiger partial charge in [-0.2, -0.15) is 0 Å². The van der Waals surface area contributed by atoms with Crippen molar-refractivity contribution in [3.8, 4) is 5.69 Å². The van der Waals surface area contributed by atoms with Gasteiger partial charge < -0.3 is 14.5 Å². The van der Waals surface area contributed by atoms with Crippen LogP contribution in [0.4, 0.5) is 5.82 Å². The molecule has 0 fully saturated rings. The molecule has 240 valence electrons. The Morgan fingerprint density at radius 3 is 2.38 bits per heavy atom. The number of hydrogen-bond donors (Lipinski definition) is 1. The Morgan fingerprint density at radius 1 is 0.957 bits per heavy atom. The Bertz CT molecular complexity index is 1990. The maximum Gasteiger partial charge on any atom is 0.352 e. The van der Waals surface area contributed by atoms with Crippen molar-refractivity contribution in [3.63, 3.8) is 0 Å². The molecule has 0 bridgehead atoms. The zero-order valence-corrected chi connectivity index (χ0v) is 27.7. The molecule has 0 radical (unpaired) electrons. The summed E-state index contributed by atoms with van der Waals surface area (Å²) in [5.41, 5.74) is 1.81. The van der Waals surface area contributed by atoms with Gasteiger partial charge in [0.05, 0.1) is 12.4 Å². The van der Waals surface area contributed by atoms with Gasteiger partial charge in [0, 0.05) is 35.2 Å². The second-order valence-corrected chi connectivity index (χ2v) is 13.1. The molecule has 3 heterocycles. The molecule has 1 aliphatic heterocycles. The fourth-order valence-electron chi connectivity index (χ4n) is 5.33. The summed E-state index contributed by atoms with van der Waals surface area (Å²) in [5.74, 6) is -0.863. The number of aromatic nitrogens is 3. The van der Waals surface area contributed by atoms with E-state index in [-0.39, 0.29) is 40.1 Å². The van der Waals surface area contributed by atoms with Crippen LogP contribution in [0.2, 0.25) is 0 Å². The number of thiazole rings is 1. The summed E-state index contributed by atoms with van der Waals surface area (Å²) in [6.45, 7) is 2.21. The lowest BCUT2D eigenvalue weighted by Gasteiger charge is -2.27. The van der Waals surface area contributed by atoms with E-state index in [2.05, 4.69) is 15.5 Å². The van der Waals surface area contributed by atoms with E-state index in [9.17, 15) is 19.2 Å². The number of ether oxygens (including phenoxy) is 1. The van der Waals surface area contributed by atoms with Crippen molar-refractivity contribution in [1.82, 2.24) is 19.7 Å². The standard InChI is InChI=1S/C33H29N5O6S3/c1-2-43-31(42)27-28(38(33(45)47-27)21-13-5-3-6-14-21)34-24(39)19-46-32-36-35-25(44-32)17-7-4-8-18-37-29(40)22-15-9-11-20-12-10-16-23(26(20)22)30(37)41/h3,5-6,9-16H,2,4,7-8,17-19H2,1H3,(H,34,39). The number of thioether (sulfide) groups is 1. The third kappa shape index (κ3) is 6.89. The van der Waals surface area contributed by atoms with Gasteiger partial charge in [0.25, 0.3) is 17.0 Å². The lowest BCUT2D eigenvalue weighted by atomic mass is 9.94. The first-order valence-corrected chi connectivity index (χ1v) is 17.2. The maximum atomic E-state index is 13.1. The number of unbranched alkanes of at least 4 members (excludes halogenated alkanes) is 2. The van der Waals surface area contributed by atoms with Crippen LogP contribution in [0.3, 0.4) is 0 Å². The van der Waals surface area contributed by atoms with Gasteiger partial charge in [-0.05, 0) is 61.6 Å². The third-order valence-electron chi connectivity index (χ3n) is 7.45. The maximum absolute atomic E-state index is 13.1. The fourth-order valence-corrected chi connectivity index (χ4v) is 7.20. The van der Waals surface area contributed by atoms with Gasteiger partial charge in [-0.15, -0.1) is 10.2 Å². The number of hydrogen-bond acceptors (Lipinski definition) is 11. The van der Waals surface area contributed by atoms with Crippen molar-refractivity contribution >= 4 is 75.6 Å². The number of nitrogens with one attached hydrogen (secondary N) is 1. The third-order valence-corrected chi connectivity index (χ3v) is 9.62. The van der Waals surface area contributed by atoms with Crippen LogP contribution in [0, 0.1) is 3.95 Å². The molecule has 0 spiro atoms. The second-order valence-electron chi connectivity index (χ2n) is 10.5. The number of amides is 3. The summed E-state index contributed by atoms with van der Waals surface area (Å²) < 4.78 is 12.9. The molecule has 5 aromatic rings. The van der Waals surface area contributed by atoms with Gasteiger partial charge in [-0.3, -0.25) is 23.9 Å². The van der Waals surface area contributed by atoms with E-state index in [0.29, 0.717) is 52.5 Å². The molecule has 3 amide bonds. The van der Waals surface area contributed by atoms with E-state index in [4.69, 9.17) is 21.4 Å². The molecule has 14 heteroatoms. The van der Waals surface area contributed by atoms with Crippen LogP contribution in [-0.4, -0.2) is 62.3 Å². The lowest BCUT2D eigenvalue weighted by Crippen LogP contribution is -2.40. The van der Waals surface area contributed by atoms with E-state index >= 15 is 0 Å². The highest BCUT2D eigenvalue weighted by Gasteiger charge is 2.32. The molecule has 2 aromatic heterocycles. The molecule has 0 atom stereocenters. The Labute approximate surface area is 282 Å². The van der Waals surface area contributed by atoms with Gasteiger partial charge in [0.15, 0.2) is 8.83 Å². The first-order chi connectivity index (χ1) is 22.9. The van der Waals surface area contributed by atoms with Crippen molar-refractivity contribution in [2.45, 2.75) is 37.8 Å². The predicted octanol–water partition coefficient (Wildman–Crippen LogP) is 6.72. The summed E-state index contributed by atoms with van der Waals surface area (Å²) in [7, 11) is 0. The predicted molar refractivity (Wildman–Crippen MR) is 181 cm³/mol. The smallest absolute Gasteiger partial charge is 0.352 e. The van der Waals surface area contributed by atoms with E-state index in [1.165, 1.54) is 4.90 Å². The zero-order chi connectivity index (χ0) is 32.9. The topological polar surface area (TPSA) is 137 Å². The molecule has 1 N–H and O–H groups in total. The Hall–Kier alpha value is -4.66. The number of benzene rings is 3. The van der Waals surface area contributed by atoms with Crippen molar-refractivity contribution in [1.29, 1.82) is 0 Å². The summed E-state index contributed by atoms with van der Waals surface area (Å²) in [6, 6.07) is 20.2. The second kappa shape index (κ2) is 14.4. The largest absolute Gasteiger partial charge is 0.462 e. The highest BCUT2D eigenvalue weighted by molar-refractivity contribution is 7.99. The van der Waals surface area contributed by atoms with Crippen LogP contribution in [0.1, 0.15) is 62.5 Å². The van der Waals surface area contributed by atoms with Crippen molar-refractivity contribution < 1.29 is 28.3 Å². The minimum Gasteiger partial charge on any atom is -0.462 e. The van der Waals surface area contributed by atoms with E-state index < -0.39 is 11.9 Å². The summed E-state index contributed by atoms with van der Waals surface area (Å²) in [5, 5.41) is 12.8. The van der Waals surface area contributed by atoms with Crippen LogP contribution in [0.25, 0.3) is 16.5 Å². The van der Waals surface area contributed by atoms with Crippen molar-refractivity contribution in [3.05, 3.63) is 92.6 Å². The van der Waals surface area contributed by atoms with Gasteiger partial charge in [0.2, 0.25) is 11.8 Å². The molecule has 6 rings (SSSR count). The van der Waals surface area contributed by atoms with Crippen molar-refractivity contribution in [2.75, 3.05) is 24.2 Å². The van der Waals surface area contributed by atoms with Gasteiger partial charge in [0.1, 0.15) is 5.82 Å². The Kier molecular flexibility index (Phi) is 9.90. The summed E-state index contributed by atoms with van der Waals surface area (Å²) in [4.78, 5) is 53.3. The van der Waals surface area contributed by atoms with Crippen LogP contribution in [0.5, 0.6) is 0 Å². The van der Waals surface area contributed by atoms with Gasteiger partial charge in [-0.25, -0.2) is 4.79 Å². The molecule has 47 heavy (non-hydrogen) atoms. The Morgan fingerprint density at radius 2 is 1.68 bits per heavy atom. The molecular weight excluding hydrogens is 659 g/mol. The van der Waals surface area contributed by atoms with E-state index in [1.807, 2.05) is 54.6 Å². The van der Waals surface area contributed by atoms with Crippen LogP contribution in [-0.2, 0) is 16.0 Å². The monoisotopic (exact) mass is 687 g/mol. The molecule has 0 saturated heterocycles. The molecule has 1 aliphatic rings. The number of para-hydroxylation sites is 1. The van der Waals surface area contributed by atoms with Crippen LogP contribution in [0.15, 0.2) is 76.4 Å². The molecule has 3 aromatic carbocycles. The highest BCUT2D eigenvalue weighted by Crippen LogP contribution is 2.31. The van der Waals surface area contributed by atoms with E-state index in [1.54, 1.807) is 23.6 Å². The highest BCUT2D eigenvalue weighted by atomic mass is 32.2. The number of esters is 1. The zero-order valence-electron chi connectivity index (χ0n) is 25.3. The normalized spacial score (nSPS) is 12.5. The molecule has 0 unspecified atom stereocenters. The minimum absolute atomic E-state index is 0.0456. The first kappa shape index (κ1) is 32.3. The first-order valence-electron chi connectivity index (χ1n) is 15.0. The molecular formula is C33H29N5O6S3. The number of anilines is 1. The number of rotatable bonds is 13. The molecule has 11 nitrogen and oxygen atoms in total. The Balaban J connectivity index is 0.999. The molecule has 0 aliphatic carbocycles. The van der Waals surface area contributed by atoms with Crippen molar-refractivity contribution in [2.24, 2.45) is 0 Å². The van der Waals surface area contributed by atoms with E-state index in [0.717, 1.165) is 40.3 Å². The average Bonchev–Trinajstić information content (AvgIpc) is 3.67. The number of imide groups is 1. The number of carbonyl (C=O) groups is 4. The number of nitrogens with zero attached hydrogens (tertiary/aromatic N) is 4. The SMILES string of the molecule is CCOC(=O)c1sc(=S)n(-c2ccccc2)c1NC(=O)CSc1nnc(CCCCCN2C(=O)c3cccc4cccc(c34)C2=O)o1. The average molecular weight is 688 g/mol. The summed E-state index contributed by atoms with van der Waals surface area (Å²) >= 11 is 7.65. The lowest BCUT2D eigenvalue weighted by molar-refractivity contribution is -0.113. The fraction of sp³-hybridized carbons (Fsp3) is 0.242. The quantitative estimate of drug-likeness (QED) is 0.0467. The number of carbonyl (C=O) groups excluding carboxylic acids is 4.